The van der Waals surface area contributed by atoms with Gasteiger partial charge < -0.3 is 20.5 Å². The van der Waals surface area contributed by atoms with Crippen molar-refractivity contribution in [2.75, 3.05) is 13.7 Å². The number of carboxylic acid groups (broad SMARTS) is 1. The second-order valence-corrected chi connectivity index (χ2v) is 3.16. The van der Waals surface area contributed by atoms with Crippen LogP contribution in [0.4, 0.5) is 0 Å². The average molecular weight is 255 g/mol. The molecule has 0 aliphatic rings. The summed E-state index contributed by atoms with van der Waals surface area (Å²) >= 11 is 0. The van der Waals surface area contributed by atoms with Crippen molar-refractivity contribution in [2.24, 2.45) is 0 Å². The van der Waals surface area contributed by atoms with Gasteiger partial charge in [0.25, 0.3) is 5.91 Å². The highest BCUT2D eigenvalue weighted by molar-refractivity contribution is 5.99. The predicted octanol–water partition coefficient (Wildman–Crippen LogP) is -1.25. The predicted molar refractivity (Wildman–Crippen MR) is 59.0 cm³/mol. The van der Waals surface area contributed by atoms with Gasteiger partial charge >= 0.3 is 11.9 Å². The Labute approximate surface area is 103 Å². The molecule has 0 spiro atoms. The third kappa shape index (κ3) is 5.50. The minimum absolute atomic E-state index is 0.205. The number of carboxylic acids is 1. The van der Waals surface area contributed by atoms with Crippen LogP contribution in [0.25, 0.3) is 0 Å². The molecule has 0 bridgehead atoms. The van der Waals surface area contributed by atoms with Gasteiger partial charge in [-0.15, -0.1) is 0 Å². The Kier molecular flexibility index (Phi) is 6.58. The number of nitrogens with one attached hydrogen (secondary N) is 2. The first-order valence-corrected chi connectivity index (χ1v) is 4.86. The average Bonchev–Trinajstić information content (AvgIpc) is 2.33. The molecular formula is C10H13N3O5. The Morgan fingerprint density at radius 2 is 2.11 bits per heavy atom. The fraction of sp³-hybridized carbons (Fsp3) is 0.400. The highest BCUT2D eigenvalue weighted by Crippen LogP contribution is 1.92. The summed E-state index contributed by atoms with van der Waals surface area (Å²) < 4.78 is 4.33. The van der Waals surface area contributed by atoms with Crippen molar-refractivity contribution < 1.29 is 24.2 Å². The van der Waals surface area contributed by atoms with Gasteiger partial charge in [-0.1, -0.05) is 0 Å². The van der Waals surface area contributed by atoms with Gasteiger partial charge in [0.15, 0.2) is 0 Å². The number of carbonyl (C=O) groups excluding carboxylic acids is 2. The monoisotopic (exact) mass is 255 g/mol. The molecule has 18 heavy (non-hydrogen) atoms. The molecule has 0 heterocycles. The first kappa shape index (κ1) is 15.4. The summed E-state index contributed by atoms with van der Waals surface area (Å²) in [5.41, 5.74) is -0.341. The van der Waals surface area contributed by atoms with Crippen molar-refractivity contribution in [2.45, 2.75) is 13.0 Å². The lowest BCUT2D eigenvalue weighted by atomic mass is 10.2. The lowest BCUT2D eigenvalue weighted by Crippen LogP contribution is -2.39. The molecule has 0 aliphatic carbocycles. The second kappa shape index (κ2) is 7.67. The van der Waals surface area contributed by atoms with Gasteiger partial charge in [0, 0.05) is 6.20 Å². The third-order valence-electron chi connectivity index (χ3n) is 1.80. The van der Waals surface area contributed by atoms with Crippen LogP contribution >= 0.6 is 0 Å². The smallest absolute Gasteiger partial charge is 0.325 e. The zero-order chi connectivity index (χ0) is 14.1. The van der Waals surface area contributed by atoms with Crippen LogP contribution in [0.3, 0.4) is 0 Å². The molecule has 1 amide bonds. The molecule has 0 saturated heterocycles. The second-order valence-electron chi connectivity index (χ2n) is 3.16. The minimum atomic E-state index is -1.22. The molecule has 8 nitrogen and oxygen atoms in total. The van der Waals surface area contributed by atoms with Gasteiger partial charge in [0.05, 0.1) is 7.11 Å². The number of ether oxygens (including phenoxy) is 1. The van der Waals surface area contributed by atoms with E-state index in [0.717, 1.165) is 6.20 Å². The molecule has 1 atom stereocenters. The fourth-order valence-corrected chi connectivity index (χ4v) is 0.793. The van der Waals surface area contributed by atoms with Crippen molar-refractivity contribution in [1.29, 1.82) is 5.26 Å². The maximum atomic E-state index is 11.4. The number of nitrogens with zero attached hydrogens (tertiary/aromatic N) is 1. The Morgan fingerprint density at radius 1 is 1.50 bits per heavy atom. The highest BCUT2D eigenvalue weighted by atomic mass is 16.5. The van der Waals surface area contributed by atoms with Gasteiger partial charge in [-0.3, -0.25) is 14.4 Å². The fourth-order valence-electron chi connectivity index (χ4n) is 0.793. The molecule has 98 valence electrons. The number of amides is 1. The van der Waals surface area contributed by atoms with Crippen LogP contribution in [0.1, 0.15) is 6.92 Å². The molecule has 1 unspecified atom stereocenters. The lowest BCUT2D eigenvalue weighted by Gasteiger charge is -2.08. The molecule has 0 aliphatic heterocycles. The lowest BCUT2D eigenvalue weighted by molar-refractivity contribution is -0.140. The van der Waals surface area contributed by atoms with Gasteiger partial charge in [-0.2, -0.15) is 5.26 Å². The van der Waals surface area contributed by atoms with Gasteiger partial charge in [0.1, 0.15) is 24.2 Å². The van der Waals surface area contributed by atoms with Crippen LogP contribution in [0.15, 0.2) is 11.8 Å². The van der Waals surface area contributed by atoms with Crippen molar-refractivity contribution in [3.05, 3.63) is 11.8 Å². The zero-order valence-electron chi connectivity index (χ0n) is 9.89. The SMILES string of the molecule is COC(=O)CN/C=C(/C#N)C(=O)NC(C)C(=O)O. The zero-order valence-corrected chi connectivity index (χ0v) is 9.89. The molecular weight excluding hydrogens is 242 g/mol. The number of nitriles is 1. The van der Waals surface area contributed by atoms with E-state index in [0.29, 0.717) is 0 Å². The Morgan fingerprint density at radius 3 is 2.56 bits per heavy atom. The number of aliphatic carboxylic acids is 1. The summed E-state index contributed by atoms with van der Waals surface area (Å²) in [4.78, 5) is 32.7. The number of methoxy groups -OCH3 is 1. The summed E-state index contributed by atoms with van der Waals surface area (Å²) in [6.45, 7) is 1.06. The summed E-state index contributed by atoms with van der Waals surface area (Å²) in [5.74, 6) is -2.63. The van der Waals surface area contributed by atoms with E-state index >= 15 is 0 Å². The number of hydrogen-bond acceptors (Lipinski definition) is 6. The van der Waals surface area contributed by atoms with Crippen molar-refractivity contribution in [3.63, 3.8) is 0 Å². The van der Waals surface area contributed by atoms with E-state index < -0.39 is 23.9 Å². The third-order valence-corrected chi connectivity index (χ3v) is 1.80. The van der Waals surface area contributed by atoms with Crippen LogP contribution in [0, 0.1) is 11.3 Å². The van der Waals surface area contributed by atoms with Crippen LogP contribution in [-0.2, 0) is 19.1 Å². The van der Waals surface area contributed by atoms with Crippen molar-refractivity contribution >= 4 is 17.8 Å². The van der Waals surface area contributed by atoms with E-state index in [9.17, 15) is 14.4 Å². The number of rotatable bonds is 6. The van der Waals surface area contributed by atoms with Gasteiger partial charge in [-0.05, 0) is 6.92 Å². The Hall–Kier alpha value is -2.56. The topological polar surface area (TPSA) is 129 Å². The molecule has 0 rings (SSSR count). The molecule has 8 heteroatoms. The summed E-state index contributed by atoms with van der Waals surface area (Å²) in [6.07, 6.45) is 1.01. The van der Waals surface area contributed by atoms with E-state index in [-0.39, 0.29) is 12.1 Å². The van der Waals surface area contributed by atoms with Gasteiger partial charge in [0.2, 0.25) is 0 Å². The Bertz CT molecular complexity index is 410. The van der Waals surface area contributed by atoms with Crippen LogP contribution in [0.2, 0.25) is 0 Å². The van der Waals surface area contributed by atoms with Crippen molar-refractivity contribution in [3.8, 4) is 6.07 Å². The summed E-state index contributed by atoms with van der Waals surface area (Å²) in [5, 5.41) is 21.8. The van der Waals surface area contributed by atoms with E-state index in [1.165, 1.54) is 14.0 Å². The summed E-state index contributed by atoms with van der Waals surface area (Å²) in [7, 11) is 1.19. The molecule has 0 fully saturated rings. The van der Waals surface area contributed by atoms with Crippen LogP contribution < -0.4 is 10.6 Å². The highest BCUT2D eigenvalue weighted by Gasteiger charge is 2.16. The van der Waals surface area contributed by atoms with E-state index in [2.05, 4.69) is 15.4 Å². The first-order valence-electron chi connectivity index (χ1n) is 4.86. The quantitative estimate of drug-likeness (QED) is 0.307. The number of esters is 1. The maximum absolute atomic E-state index is 11.4. The molecule has 0 radical (unpaired) electrons. The Balaban J connectivity index is 4.45. The molecule has 0 aromatic carbocycles. The maximum Gasteiger partial charge on any atom is 0.325 e. The minimum Gasteiger partial charge on any atom is -0.480 e. The normalized spacial score (nSPS) is 11.9. The number of hydrogen-bond donors (Lipinski definition) is 3. The first-order chi connectivity index (χ1) is 8.42. The van der Waals surface area contributed by atoms with Crippen molar-refractivity contribution in [1.82, 2.24) is 10.6 Å². The van der Waals surface area contributed by atoms with Crippen LogP contribution in [0.5, 0.6) is 0 Å². The molecule has 3 N–H and O–H groups in total. The van der Waals surface area contributed by atoms with Gasteiger partial charge in [-0.25, -0.2) is 0 Å². The largest absolute Gasteiger partial charge is 0.480 e. The van der Waals surface area contributed by atoms with E-state index in [1.54, 1.807) is 6.07 Å². The standard InChI is InChI=1S/C10H13N3O5/c1-6(10(16)17)13-9(15)7(3-11)4-12-5-8(14)18-2/h4,6,12H,5H2,1-2H3,(H,13,15)(H,16,17)/b7-4-. The molecule has 0 aromatic heterocycles. The van der Waals surface area contributed by atoms with E-state index in [4.69, 9.17) is 10.4 Å². The molecule has 0 aromatic rings. The van der Waals surface area contributed by atoms with E-state index in [1.807, 2.05) is 0 Å². The number of carbonyl (C=O) groups is 3. The summed E-state index contributed by atoms with van der Waals surface area (Å²) in [6, 6.07) is 0.464. The van der Waals surface area contributed by atoms with Crippen LogP contribution in [-0.4, -0.2) is 42.6 Å². The molecule has 0 saturated carbocycles.